The lowest BCUT2D eigenvalue weighted by molar-refractivity contribution is 0.0732. The van der Waals surface area contributed by atoms with E-state index < -0.39 is 0 Å². The topological polar surface area (TPSA) is 41.4 Å². The Kier molecular flexibility index (Phi) is 5.60. The van der Waals surface area contributed by atoms with Gasteiger partial charge in [-0.05, 0) is 57.0 Å². The van der Waals surface area contributed by atoms with Crippen LogP contribution in [0.25, 0.3) is 11.0 Å². The van der Waals surface area contributed by atoms with Crippen LogP contribution in [0, 0.1) is 12.7 Å². The Balaban J connectivity index is 1.48. The van der Waals surface area contributed by atoms with Gasteiger partial charge in [0.05, 0.1) is 5.52 Å². The van der Waals surface area contributed by atoms with Gasteiger partial charge in [0, 0.05) is 44.3 Å². The highest BCUT2D eigenvalue weighted by molar-refractivity contribution is 5.94. The van der Waals surface area contributed by atoms with E-state index in [1.807, 2.05) is 53.8 Å². The summed E-state index contributed by atoms with van der Waals surface area (Å²) in [6.45, 7) is 8.75. The predicted molar refractivity (Wildman–Crippen MR) is 117 cm³/mol. The number of nitrogens with zero attached hydrogens (tertiary/aromatic N) is 4. The molecule has 3 aromatic rings. The summed E-state index contributed by atoms with van der Waals surface area (Å²) in [6, 6.07) is 13.3. The summed E-state index contributed by atoms with van der Waals surface area (Å²) in [5.74, 6) is 0.548. The van der Waals surface area contributed by atoms with Crippen molar-refractivity contribution < 1.29 is 9.18 Å². The van der Waals surface area contributed by atoms with Crippen molar-refractivity contribution >= 4 is 16.9 Å². The van der Waals surface area contributed by atoms with E-state index in [9.17, 15) is 9.18 Å². The number of amides is 1. The van der Waals surface area contributed by atoms with Crippen molar-refractivity contribution in [2.24, 2.45) is 0 Å². The van der Waals surface area contributed by atoms with Crippen LogP contribution in [0.4, 0.5) is 4.39 Å². The number of likely N-dealkylation sites (N-methyl/N-ethyl adjacent to an activating group) is 1. The van der Waals surface area contributed by atoms with Crippen molar-refractivity contribution in [3.05, 3.63) is 65.2 Å². The quantitative estimate of drug-likeness (QED) is 0.639. The number of hydrogen-bond donors (Lipinski definition) is 0. The molecule has 1 aromatic heterocycles. The zero-order chi connectivity index (χ0) is 21.4. The fourth-order valence-corrected chi connectivity index (χ4v) is 4.31. The summed E-state index contributed by atoms with van der Waals surface area (Å²) >= 11 is 0. The summed E-state index contributed by atoms with van der Waals surface area (Å²) in [5.41, 5.74) is 2.87. The number of imidazole rings is 1. The maximum absolute atomic E-state index is 14.3. The molecule has 1 fully saturated rings. The first-order valence-electron chi connectivity index (χ1n) is 10.6. The fourth-order valence-electron chi connectivity index (χ4n) is 4.31. The molecule has 1 atom stereocenters. The number of aryl methyl sites for hydroxylation is 1. The highest BCUT2D eigenvalue weighted by atomic mass is 19.1. The zero-order valence-corrected chi connectivity index (χ0v) is 18.1. The van der Waals surface area contributed by atoms with Gasteiger partial charge in [0.1, 0.15) is 17.2 Å². The summed E-state index contributed by atoms with van der Waals surface area (Å²) in [7, 11) is 1.90. The molecule has 1 aliphatic heterocycles. The monoisotopic (exact) mass is 408 g/mol. The average Bonchev–Trinajstić information content (AvgIpc) is 3.34. The van der Waals surface area contributed by atoms with Gasteiger partial charge in [0.25, 0.3) is 5.91 Å². The number of carbonyl (C=O) groups excluding carboxylic acids is 1. The zero-order valence-electron chi connectivity index (χ0n) is 18.1. The van der Waals surface area contributed by atoms with E-state index in [2.05, 4.69) is 23.7 Å². The van der Waals surface area contributed by atoms with Crippen molar-refractivity contribution in [1.82, 2.24) is 19.4 Å². The molecule has 1 saturated heterocycles. The average molecular weight is 409 g/mol. The van der Waals surface area contributed by atoms with Crippen LogP contribution in [0.3, 0.4) is 0 Å². The Hall–Kier alpha value is -2.73. The summed E-state index contributed by atoms with van der Waals surface area (Å²) < 4.78 is 16.2. The first kappa shape index (κ1) is 20.5. The number of fused-ring (bicyclic) bond motifs is 1. The molecule has 30 heavy (non-hydrogen) atoms. The number of carbonyl (C=O) groups is 1. The van der Waals surface area contributed by atoms with Crippen molar-refractivity contribution in [1.29, 1.82) is 0 Å². The van der Waals surface area contributed by atoms with Crippen LogP contribution in [-0.2, 0) is 6.54 Å². The van der Waals surface area contributed by atoms with Crippen LogP contribution in [0.15, 0.2) is 42.5 Å². The minimum absolute atomic E-state index is 0.0486. The van der Waals surface area contributed by atoms with Gasteiger partial charge in [-0.3, -0.25) is 9.69 Å². The molecular formula is C24H29FN4O. The summed E-state index contributed by atoms with van der Waals surface area (Å²) in [4.78, 5) is 21.7. The van der Waals surface area contributed by atoms with Gasteiger partial charge in [-0.2, -0.15) is 0 Å². The SMILES string of the molecule is Cc1nc2cccc(F)c2n1Cc1ccc(C(=O)N(C)[C@@H]2CCN(C(C)C)C2)cc1. The minimum Gasteiger partial charge on any atom is -0.337 e. The highest BCUT2D eigenvalue weighted by Gasteiger charge is 2.29. The molecule has 6 heteroatoms. The van der Waals surface area contributed by atoms with Gasteiger partial charge in [-0.25, -0.2) is 9.37 Å². The second-order valence-electron chi connectivity index (χ2n) is 8.50. The van der Waals surface area contributed by atoms with Crippen molar-refractivity contribution in [3.8, 4) is 0 Å². The molecule has 1 aliphatic rings. The number of rotatable bonds is 5. The molecule has 0 spiro atoms. The molecule has 5 nitrogen and oxygen atoms in total. The second kappa shape index (κ2) is 8.19. The molecule has 0 saturated carbocycles. The van der Waals surface area contributed by atoms with Crippen LogP contribution >= 0.6 is 0 Å². The number of hydrogen-bond acceptors (Lipinski definition) is 3. The van der Waals surface area contributed by atoms with Crippen LogP contribution in [0.1, 0.15) is 42.0 Å². The molecule has 158 valence electrons. The molecule has 0 aliphatic carbocycles. The number of aromatic nitrogens is 2. The number of para-hydroxylation sites is 1. The molecule has 0 N–H and O–H groups in total. The van der Waals surface area contributed by atoms with Gasteiger partial charge in [-0.15, -0.1) is 0 Å². The summed E-state index contributed by atoms with van der Waals surface area (Å²) in [5, 5.41) is 0. The minimum atomic E-state index is -0.270. The van der Waals surface area contributed by atoms with E-state index in [0.29, 0.717) is 29.2 Å². The largest absolute Gasteiger partial charge is 0.337 e. The van der Waals surface area contributed by atoms with Gasteiger partial charge >= 0.3 is 0 Å². The van der Waals surface area contributed by atoms with Crippen molar-refractivity contribution in [2.75, 3.05) is 20.1 Å². The fraction of sp³-hybridized carbons (Fsp3) is 0.417. The van der Waals surface area contributed by atoms with E-state index in [1.165, 1.54) is 6.07 Å². The van der Waals surface area contributed by atoms with Crippen LogP contribution in [-0.4, -0.2) is 57.5 Å². The van der Waals surface area contributed by atoms with Crippen molar-refractivity contribution in [2.45, 2.75) is 45.8 Å². The van der Waals surface area contributed by atoms with Crippen LogP contribution in [0.5, 0.6) is 0 Å². The Morgan fingerprint density at radius 2 is 1.97 bits per heavy atom. The number of likely N-dealkylation sites (tertiary alicyclic amines) is 1. The normalized spacial score (nSPS) is 17.2. The lowest BCUT2D eigenvalue weighted by Crippen LogP contribution is -2.40. The third-order valence-electron chi connectivity index (χ3n) is 6.24. The summed E-state index contributed by atoms with van der Waals surface area (Å²) in [6.07, 6.45) is 1.01. The smallest absolute Gasteiger partial charge is 0.253 e. The molecule has 0 radical (unpaired) electrons. The van der Waals surface area contributed by atoms with E-state index >= 15 is 0 Å². The molecule has 2 heterocycles. The Bertz CT molecular complexity index is 1060. The Morgan fingerprint density at radius 1 is 1.23 bits per heavy atom. The van der Waals surface area contributed by atoms with E-state index in [-0.39, 0.29) is 17.8 Å². The maximum Gasteiger partial charge on any atom is 0.253 e. The molecule has 0 unspecified atom stereocenters. The van der Waals surface area contributed by atoms with E-state index in [0.717, 1.165) is 30.9 Å². The standard InChI is InChI=1S/C24H29FN4O/c1-16(2)28-13-12-20(15-28)27(4)24(30)19-10-8-18(9-11-19)14-29-17(3)26-22-7-5-6-21(25)23(22)29/h5-11,16,20H,12-15H2,1-4H3/t20-/m1/s1. The number of benzene rings is 2. The molecule has 4 rings (SSSR count). The molecular weight excluding hydrogens is 379 g/mol. The Labute approximate surface area is 177 Å². The highest BCUT2D eigenvalue weighted by Crippen LogP contribution is 2.22. The van der Waals surface area contributed by atoms with Gasteiger partial charge in [0.2, 0.25) is 0 Å². The number of halogens is 1. The van der Waals surface area contributed by atoms with Crippen LogP contribution in [0.2, 0.25) is 0 Å². The van der Waals surface area contributed by atoms with Crippen LogP contribution < -0.4 is 0 Å². The Morgan fingerprint density at radius 3 is 2.63 bits per heavy atom. The lowest BCUT2D eigenvalue weighted by atomic mass is 10.1. The molecule has 1 amide bonds. The van der Waals surface area contributed by atoms with Gasteiger partial charge in [-0.1, -0.05) is 18.2 Å². The maximum atomic E-state index is 14.3. The second-order valence-corrected chi connectivity index (χ2v) is 8.50. The molecule has 0 bridgehead atoms. The van der Waals surface area contributed by atoms with Gasteiger partial charge < -0.3 is 9.47 Å². The first-order valence-corrected chi connectivity index (χ1v) is 10.6. The van der Waals surface area contributed by atoms with Crippen molar-refractivity contribution in [3.63, 3.8) is 0 Å². The first-order chi connectivity index (χ1) is 14.3. The third kappa shape index (κ3) is 3.84. The lowest BCUT2D eigenvalue weighted by Gasteiger charge is -2.26. The van der Waals surface area contributed by atoms with E-state index in [4.69, 9.17) is 0 Å². The predicted octanol–water partition coefficient (Wildman–Crippen LogP) is 4.09. The third-order valence-corrected chi connectivity index (χ3v) is 6.24. The van der Waals surface area contributed by atoms with Gasteiger partial charge in [0.15, 0.2) is 0 Å². The van der Waals surface area contributed by atoms with E-state index in [1.54, 1.807) is 6.07 Å². The molecule has 2 aromatic carbocycles.